The van der Waals surface area contributed by atoms with Gasteiger partial charge in [-0.2, -0.15) is 0 Å². The minimum Gasteiger partial charge on any atom is -0.0683 e. The Balaban J connectivity index is -0.000000191. The van der Waals surface area contributed by atoms with Crippen LogP contribution >= 0.6 is 0 Å². The van der Waals surface area contributed by atoms with Crippen LogP contribution in [0.2, 0.25) is 0 Å². The van der Waals surface area contributed by atoms with Gasteiger partial charge in [0.15, 0.2) is 0 Å². The summed E-state index contributed by atoms with van der Waals surface area (Å²) in [5, 5.41) is 2.62. The summed E-state index contributed by atoms with van der Waals surface area (Å²) < 4.78 is 0. The van der Waals surface area contributed by atoms with Crippen LogP contribution in [0.25, 0.3) is 21.9 Å². The third-order valence-electron chi connectivity index (χ3n) is 8.75. The molecule has 0 aliphatic heterocycles. The maximum absolute atomic E-state index is 2.39. The van der Waals surface area contributed by atoms with Crippen LogP contribution in [0.5, 0.6) is 0 Å². The first-order valence-electron chi connectivity index (χ1n) is 24.5. The molecule has 0 unspecified atom stereocenters. The minimum atomic E-state index is 0.679. The summed E-state index contributed by atoms with van der Waals surface area (Å²) in [5.74, 6) is 2.97. The minimum absolute atomic E-state index is 0.679. The van der Waals surface area contributed by atoms with Crippen molar-refractivity contribution in [2.24, 2.45) is 23.2 Å². The molecule has 0 radical (unpaired) electrons. The van der Waals surface area contributed by atoms with Crippen molar-refractivity contribution in [3.63, 3.8) is 0 Å². The molecule has 58 heavy (non-hydrogen) atoms. The molecule has 0 atom stereocenters. The summed E-state index contributed by atoms with van der Waals surface area (Å²) in [5.41, 5.74) is 3.23. The Kier molecular flexibility index (Phi) is 55.7. The van der Waals surface area contributed by atoms with Gasteiger partial charge < -0.3 is 0 Å². The fourth-order valence-corrected chi connectivity index (χ4v) is 5.86. The van der Waals surface area contributed by atoms with Crippen LogP contribution in [0.15, 0.2) is 109 Å². The van der Waals surface area contributed by atoms with E-state index in [4.69, 9.17) is 0 Å². The van der Waals surface area contributed by atoms with Crippen LogP contribution in [-0.4, -0.2) is 0 Å². The lowest BCUT2D eigenvalue weighted by Gasteiger charge is -2.28. The lowest BCUT2D eigenvalue weighted by Crippen LogP contribution is -2.16. The lowest BCUT2D eigenvalue weighted by molar-refractivity contribution is 0.234. The van der Waals surface area contributed by atoms with Crippen LogP contribution in [0.3, 0.4) is 0 Å². The van der Waals surface area contributed by atoms with Crippen molar-refractivity contribution in [1.29, 1.82) is 0 Å². The topological polar surface area (TPSA) is 0 Å². The van der Waals surface area contributed by atoms with Gasteiger partial charge in [-0.15, -0.1) is 0 Å². The number of rotatable bonds is 2. The maximum atomic E-state index is 2.39. The van der Waals surface area contributed by atoms with Crippen molar-refractivity contribution in [2.75, 3.05) is 0 Å². The zero-order chi connectivity index (χ0) is 45.5. The van der Waals surface area contributed by atoms with Gasteiger partial charge in [0.2, 0.25) is 0 Å². The molecule has 336 valence electrons. The molecule has 0 nitrogen and oxygen atoms in total. The van der Waals surface area contributed by atoms with Gasteiger partial charge in [-0.1, -0.05) is 299 Å². The fraction of sp³-hybridized carbons (Fsp3) is 0.621. The van der Waals surface area contributed by atoms with Crippen molar-refractivity contribution in [2.45, 2.75) is 215 Å². The third-order valence-corrected chi connectivity index (χ3v) is 8.75. The van der Waals surface area contributed by atoms with Gasteiger partial charge in [-0.05, 0) is 70.8 Å². The zero-order valence-electron chi connectivity index (χ0n) is 42.8. The molecule has 2 saturated carbocycles. The van der Waals surface area contributed by atoms with Crippen molar-refractivity contribution in [1.82, 2.24) is 0 Å². The summed E-state index contributed by atoms with van der Waals surface area (Å²) in [4.78, 5) is 0. The number of hydrogen-bond donors (Lipinski definition) is 0. The van der Waals surface area contributed by atoms with Gasteiger partial charge in [0, 0.05) is 0 Å². The van der Waals surface area contributed by atoms with E-state index in [1.54, 1.807) is 0 Å². The number of fused-ring (bicyclic) bond motifs is 1. The highest BCUT2D eigenvalue weighted by molar-refractivity contribution is 5.82. The molecule has 4 aromatic carbocycles. The Morgan fingerprint density at radius 1 is 0.431 bits per heavy atom. The van der Waals surface area contributed by atoms with Crippen LogP contribution in [0.4, 0.5) is 0 Å². The summed E-state index contributed by atoms with van der Waals surface area (Å²) in [6.45, 7) is 40.9. The average molecular weight is 801 g/mol. The summed E-state index contributed by atoms with van der Waals surface area (Å²) in [6, 6.07) is 37.5. The highest BCUT2D eigenvalue weighted by Gasteiger charge is 2.20. The van der Waals surface area contributed by atoms with Gasteiger partial charge in [0.05, 0.1) is 0 Å². The maximum Gasteiger partial charge on any atom is -0.0184 e. The standard InChI is InChI=1S/C12H10.C10H8.C10H20.C8H16.4C3H8.3C2H6/c1-3-7-11(8-4-1)12-9-5-2-6-10-12;1-2-6-10-8-4-3-7-9(10)5-1;1-8(2)10-6-4-9(3)5-7-10;1-8(2)6-4-3-5-7-8;4*1-3-2;3*1-2/h1-10H;1-8H;8-10H,4-7H2,1-3H3;3-7H2,1-2H3;4*3H2,1-2H3;3*1-2H3. The van der Waals surface area contributed by atoms with Crippen molar-refractivity contribution in [3.05, 3.63) is 109 Å². The van der Waals surface area contributed by atoms with Crippen molar-refractivity contribution >= 4 is 10.8 Å². The second-order valence-electron chi connectivity index (χ2n) is 15.9. The summed E-state index contributed by atoms with van der Waals surface area (Å²) >= 11 is 0. The second kappa shape index (κ2) is 50.3. The van der Waals surface area contributed by atoms with E-state index >= 15 is 0 Å². The average Bonchev–Trinajstić information content (AvgIpc) is 3.26. The Bertz CT molecular complexity index is 1130. The van der Waals surface area contributed by atoms with E-state index in [0.717, 1.165) is 17.8 Å². The van der Waals surface area contributed by atoms with Crippen LogP contribution in [0, 0.1) is 23.2 Å². The first-order valence-corrected chi connectivity index (χ1v) is 24.5. The van der Waals surface area contributed by atoms with Crippen molar-refractivity contribution < 1.29 is 0 Å². The van der Waals surface area contributed by atoms with Gasteiger partial charge in [-0.25, -0.2) is 0 Å². The fourth-order valence-electron chi connectivity index (χ4n) is 5.86. The predicted molar refractivity (Wildman–Crippen MR) is 277 cm³/mol. The Morgan fingerprint density at radius 3 is 0.914 bits per heavy atom. The molecule has 0 aromatic heterocycles. The smallest absolute Gasteiger partial charge is 0.0184 e. The monoisotopic (exact) mass is 801 g/mol. The molecular formula is C58H104. The third kappa shape index (κ3) is 41.3. The van der Waals surface area contributed by atoms with Crippen LogP contribution in [-0.2, 0) is 0 Å². The molecule has 2 aliphatic carbocycles. The van der Waals surface area contributed by atoms with E-state index in [0.29, 0.717) is 5.41 Å². The molecule has 0 N–H and O–H groups in total. The Labute approximate surface area is 367 Å². The van der Waals surface area contributed by atoms with E-state index < -0.39 is 0 Å². The molecule has 0 spiro atoms. The first-order chi connectivity index (χ1) is 28.0. The molecule has 2 aliphatic rings. The molecule has 0 heteroatoms. The van der Waals surface area contributed by atoms with Gasteiger partial charge in [0.1, 0.15) is 0 Å². The Hall–Kier alpha value is -2.86. The SMILES string of the molecule is CC.CC.CC.CC1(C)CCCCC1.CC1CCC(C(C)C)CC1.CCC.CCC.CCC.CCC.c1ccc(-c2ccccc2)cc1.c1ccc2ccccc2c1. The molecule has 2 fully saturated rings. The van der Waals surface area contributed by atoms with Crippen molar-refractivity contribution in [3.8, 4) is 11.1 Å². The molecular weight excluding hydrogens is 697 g/mol. The van der Waals surface area contributed by atoms with Gasteiger partial charge in [-0.3, -0.25) is 0 Å². The van der Waals surface area contributed by atoms with E-state index in [-0.39, 0.29) is 0 Å². The van der Waals surface area contributed by atoms with E-state index in [9.17, 15) is 0 Å². The largest absolute Gasteiger partial charge is 0.0683 e. The van der Waals surface area contributed by atoms with E-state index in [1.165, 1.54) is 105 Å². The highest BCUT2D eigenvalue weighted by atomic mass is 14.3. The van der Waals surface area contributed by atoms with Crippen LogP contribution in [0.1, 0.15) is 215 Å². The highest BCUT2D eigenvalue weighted by Crippen LogP contribution is 2.34. The van der Waals surface area contributed by atoms with Gasteiger partial charge in [0.25, 0.3) is 0 Å². The van der Waals surface area contributed by atoms with Gasteiger partial charge >= 0.3 is 0 Å². The normalized spacial score (nSPS) is 15.1. The zero-order valence-corrected chi connectivity index (χ0v) is 42.8. The quantitative estimate of drug-likeness (QED) is 0.189. The second-order valence-corrected chi connectivity index (χ2v) is 15.9. The summed E-state index contributed by atoms with van der Waals surface area (Å²) in [6.07, 6.45) is 18.2. The van der Waals surface area contributed by atoms with Crippen LogP contribution < -0.4 is 0 Å². The molecule has 0 amide bonds. The first kappa shape index (κ1) is 64.3. The Morgan fingerprint density at radius 2 is 0.690 bits per heavy atom. The molecule has 0 heterocycles. The number of benzene rings is 4. The van der Waals surface area contributed by atoms with E-state index in [1.807, 2.05) is 53.7 Å². The lowest BCUT2D eigenvalue weighted by atomic mass is 9.78. The predicted octanol–water partition coefficient (Wildman–Crippen LogP) is 21.4. The summed E-state index contributed by atoms with van der Waals surface area (Å²) in [7, 11) is 0. The van der Waals surface area contributed by atoms with E-state index in [2.05, 4.69) is 187 Å². The number of hydrogen-bond acceptors (Lipinski definition) is 0. The molecule has 0 saturated heterocycles. The molecule has 0 bridgehead atoms. The molecule has 6 rings (SSSR count). The molecule has 4 aromatic rings.